The number of nitrogens with one attached hydrogen (secondary N) is 1. The molecule has 0 aliphatic carbocycles. The lowest BCUT2D eigenvalue weighted by atomic mass is 10.2. The van der Waals surface area contributed by atoms with Gasteiger partial charge in [-0.15, -0.1) is 0 Å². The average Bonchev–Trinajstić information content (AvgIpc) is 2.74. The summed E-state index contributed by atoms with van der Waals surface area (Å²) in [6, 6.07) is 5.28. The highest BCUT2D eigenvalue weighted by Crippen LogP contribution is 2.25. The number of aromatic nitrogens is 2. The van der Waals surface area contributed by atoms with Crippen molar-refractivity contribution in [3.63, 3.8) is 0 Å². The zero-order chi connectivity index (χ0) is 14.0. The Morgan fingerprint density at radius 1 is 1.32 bits per heavy atom. The molecule has 2 aromatic rings. The quantitative estimate of drug-likeness (QED) is 0.888. The summed E-state index contributed by atoms with van der Waals surface area (Å²) in [4.78, 5) is 4.61. The van der Waals surface area contributed by atoms with Gasteiger partial charge in [-0.05, 0) is 45.9 Å². The van der Waals surface area contributed by atoms with E-state index in [4.69, 9.17) is 0 Å². The summed E-state index contributed by atoms with van der Waals surface area (Å²) in [6.45, 7) is 9.45. The lowest BCUT2D eigenvalue weighted by molar-refractivity contribution is 0.492. The molecule has 0 radical (unpaired) electrons. The molecule has 0 saturated heterocycles. The molecule has 1 N–H and O–H groups in total. The molecule has 104 valence electrons. The number of rotatable bonds is 5. The molecular formula is C15H22FN3. The summed E-state index contributed by atoms with van der Waals surface area (Å²) >= 11 is 0. The van der Waals surface area contributed by atoms with E-state index in [0.29, 0.717) is 6.04 Å². The van der Waals surface area contributed by atoms with Crippen molar-refractivity contribution in [1.29, 1.82) is 0 Å². The van der Waals surface area contributed by atoms with Crippen molar-refractivity contribution in [3.05, 3.63) is 29.8 Å². The highest BCUT2D eigenvalue weighted by Gasteiger charge is 2.18. The normalized spacial score (nSPS) is 13.4. The smallest absolute Gasteiger partial charge is 0.127 e. The third-order valence-corrected chi connectivity index (χ3v) is 3.28. The monoisotopic (exact) mass is 263 g/mol. The molecule has 0 spiro atoms. The molecule has 1 atom stereocenters. The third kappa shape index (κ3) is 2.78. The summed E-state index contributed by atoms with van der Waals surface area (Å²) in [5.74, 6) is 0.741. The van der Waals surface area contributed by atoms with Crippen LogP contribution < -0.4 is 5.32 Å². The van der Waals surface area contributed by atoms with Crippen molar-refractivity contribution in [2.75, 3.05) is 6.54 Å². The van der Waals surface area contributed by atoms with E-state index in [0.717, 1.165) is 29.8 Å². The molecule has 0 fully saturated rings. The number of hydrogen-bond donors (Lipinski definition) is 1. The molecule has 1 unspecified atom stereocenters. The second kappa shape index (κ2) is 5.70. The minimum absolute atomic E-state index is 0.165. The first-order valence-electron chi connectivity index (χ1n) is 6.95. The van der Waals surface area contributed by atoms with Crippen LogP contribution in [0.1, 0.15) is 52.0 Å². The minimum Gasteiger partial charge on any atom is -0.324 e. The standard InChI is InChI=1S/C15H22FN3/c1-5-8-17-11(4)15-18-13-9-12(16)6-7-14(13)19(15)10(2)3/h6-7,9-11,17H,5,8H2,1-4H3. The van der Waals surface area contributed by atoms with Crippen molar-refractivity contribution < 1.29 is 4.39 Å². The van der Waals surface area contributed by atoms with E-state index >= 15 is 0 Å². The van der Waals surface area contributed by atoms with Gasteiger partial charge in [-0.25, -0.2) is 9.37 Å². The Hall–Kier alpha value is -1.42. The van der Waals surface area contributed by atoms with Crippen molar-refractivity contribution in [2.24, 2.45) is 0 Å². The van der Waals surface area contributed by atoms with E-state index in [1.807, 2.05) is 6.07 Å². The predicted octanol–water partition coefficient (Wildman–Crippen LogP) is 3.82. The van der Waals surface area contributed by atoms with E-state index in [2.05, 4.69) is 42.6 Å². The Labute approximate surface area is 113 Å². The number of halogens is 1. The maximum absolute atomic E-state index is 13.3. The molecule has 3 nitrogen and oxygen atoms in total. The Morgan fingerprint density at radius 2 is 2.05 bits per heavy atom. The van der Waals surface area contributed by atoms with Crippen molar-refractivity contribution in [2.45, 2.75) is 46.2 Å². The summed E-state index contributed by atoms with van der Waals surface area (Å²) < 4.78 is 15.5. The number of imidazole rings is 1. The van der Waals surface area contributed by atoms with E-state index in [1.165, 1.54) is 12.1 Å². The Morgan fingerprint density at radius 3 is 2.68 bits per heavy atom. The Kier molecular flexibility index (Phi) is 4.20. The molecule has 0 aliphatic rings. The molecule has 0 amide bonds. The first-order valence-corrected chi connectivity index (χ1v) is 6.95. The van der Waals surface area contributed by atoms with Gasteiger partial charge in [0.2, 0.25) is 0 Å². The van der Waals surface area contributed by atoms with Crippen LogP contribution in [0.2, 0.25) is 0 Å². The molecule has 0 saturated carbocycles. The molecule has 1 aromatic carbocycles. The largest absolute Gasteiger partial charge is 0.324 e. The average molecular weight is 263 g/mol. The third-order valence-electron chi connectivity index (χ3n) is 3.28. The number of fused-ring (bicyclic) bond motifs is 1. The first-order chi connectivity index (χ1) is 9.04. The maximum atomic E-state index is 13.3. The van der Waals surface area contributed by atoms with Gasteiger partial charge in [-0.3, -0.25) is 0 Å². The van der Waals surface area contributed by atoms with Crippen LogP contribution in [0.5, 0.6) is 0 Å². The molecule has 19 heavy (non-hydrogen) atoms. The van der Waals surface area contributed by atoms with Crippen LogP contribution in [-0.2, 0) is 0 Å². The van der Waals surface area contributed by atoms with Crippen molar-refractivity contribution in [3.8, 4) is 0 Å². The number of benzene rings is 1. The Bertz CT molecular complexity index is 560. The molecule has 2 rings (SSSR count). The van der Waals surface area contributed by atoms with Gasteiger partial charge < -0.3 is 9.88 Å². The fraction of sp³-hybridized carbons (Fsp3) is 0.533. The van der Waals surface area contributed by atoms with E-state index < -0.39 is 0 Å². The van der Waals surface area contributed by atoms with E-state index in [-0.39, 0.29) is 11.9 Å². The van der Waals surface area contributed by atoms with Gasteiger partial charge in [0.1, 0.15) is 11.6 Å². The second-order valence-corrected chi connectivity index (χ2v) is 5.24. The maximum Gasteiger partial charge on any atom is 0.127 e. The van der Waals surface area contributed by atoms with Crippen LogP contribution >= 0.6 is 0 Å². The molecule has 0 aliphatic heterocycles. The highest BCUT2D eigenvalue weighted by atomic mass is 19.1. The van der Waals surface area contributed by atoms with Crippen LogP contribution in [0.3, 0.4) is 0 Å². The summed E-state index contributed by atoms with van der Waals surface area (Å²) in [7, 11) is 0. The summed E-state index contributed by atoms with van der Waals surface area (Å²) in [5.41, 5.74) is 1.73. The zero-order valence-corrected chi connectivity index (χ0v) is 12.1. The topological polar surface area (TPSA) is 29.9 Å². The highest BCUT2D eigenvalue weighted by molar-refractivity contribution is 5.76. The fourth-order valence-corrected chi connectivity index (χ4v) is 2.39. The molecule has 4 heteroatoms. The van der Waals surface area contributed by atoms with Crippen LogP contribution in [0.25, 0.3) is 11.0 Å². The summed E-state index contributed by atoms with van der Waals surface area (Å²) in [6.07, 6.45) is 1.08. The van der Waals surface area contributed by atoms with Crippen molar-refractivity contribution >= 4 is 11.0 Å². The minimum atomic E-state index is -0.235. The van der Waals surface area contributed by atoms with Gasteiger partial charge in [0.05, 0.1) is 17.1 Å². The Balaban J connectivity index is 2.49. The van der Waals surface area contributed by atoms with Gasteiger partial charge in [0, 0.05) is 12.1 Å². The van der Waals surface area contributed by atoms with Crippen LogP contribution in [0.4, 0.5) is 4.39 Å². The van der Waals surface area contributed by atoms with E-state index in [1.54, 1.807) is 0 Å². The molecule has 0 bridgehead atoms. The number of hydrogen-bond acceptors (Lipinski definition) is 2. The molecule has 1 heterocycles. The summed E-state index contributed by atoms with van der Waals surface area (Å²) in [5, 5.41) is 3.44. The van der Waals surface area contributed by atoms with Gasteiger partial charge >= 0.3 is 0 Å². The van der Waals surface area contributed by atoms with Crippen LogP contribution in [0.15, 0.2) is 18.2 Å². The zero-order valence-electron chi connectivity index (χ0n) is 12.1. The fourth-order valence-electron chi connectivity index (χ4n) is 2.39. The van der Waals surface area contributed by atoms with Gasteiger partial charge in [-0.1, -0.05) is 6.92 Å². The van der Waals surface area contributed by atoms with E-state index in [9.17, 15) is 4.39 Å². The SMILES string of the molecule is CCCNC(C)c1nc2cc(F)ccc2n1C(C)C. The number of nitrogens with zero attached hydrogens (tertiary/aromatic N) is 2. The van der Waals surface area contributed by atoms with Gasteiger partial charge in [0.15, 0.2) is 0 Å². The van der Waals surface area contributed by atoms with Crippen LogP contribution in [-0.4, -0.2) is 16.1 Å². The lowest BCUT2D eigenvalue weighted by Gasteiger charge is -2.18. The van der Waals surface area contributed by atoms with Crippen LogP contribution in [0, 0.1) is 5.82 Å². The second-order valence-electron chi connectivity index (χ2n) is 5.24. The van der Waals surface area contributed by atoms with Crippen molar-refractivity contribution in [1.82, 2.24) is 14.9 Å². The van der Waals surface area contributed by atoms with Gasteiger partial charge in [-0.2, -0.15) is 0 Å². The molecule has 1 aromatic heterocycles. The van der Waals surface area contributed by atoms with Gasteiger partial charge in [0.25, 0.3) is 0 Å². The molecular weight excluding hydrogens is 241 g/mol. The lowest BCUT2D eigenvalue weighted by Crippen LogP contribution is -2.23. The first kappa shape index (κ1) is 14.0. The predicted molar refractivity (Wildman–Crippen MR) is 76.8 cm³/mol.